The third-order valence-corrected chi connectivity index (χ3v) is 3.93. The van der Waals surface area contributed by atoms with Crippen molar-refractivity contribution in [1.82, 2.24) is 9.80 Å². The van der Waals surface area contributed by atoms with Crippen LogP contribution in [-0.2, 0) is 6.54 Å². The molecule has 1 N–H and O–H groups in total. The molecule has 20 heavy (non-hydrogen) atoms. The van der Waals surface area contributed by atoms with E-state index in [1.807, 2.05) is 0 Å². The lowest BCUT2D eigenvalue weighted by Gasteiger charge is -2.34. The second-order valence-corrected chi connectivity index (χ2v) is 5.89. The van der Waals surface area contributed by atoms with E-state index < -0.39 is 0 Å². The fraction of sp³-hybridized carbons (Fsp3) is 0.625. The maximum atomic E-state index is 13.7. The molecule has 1 aliphatic heterocycles. The highest BCUT2D eigenvalue weighted by molar-refractivity contribution is 5.26. The van der Waals surface area contributed by atoms with E-state index in [1.165, 1.54) is 0 Å². The van der Waals surface area contributed by atoms with Crippen molar-refractivity contribution < 1.29 is 9.50 Å². The number of nitrogens with zero attached hydrogens (tertiary/aromatic N) is 2. The molecule has 112 valence electrons. The molecule has 0 atom stereocenters. The highest BCUT2D eigenvalue weighted by atomic mass is 19.1. The number of piperazine rings is 1. The number of aliphatic hydroxyl groups is 1. The van der Waals surface area contributed by atoms with Crippen molar-refractivity contribution in [3.63, 3.8) is 0 Å². The molecule has 0 radical (unpaired) electrons. The fourth-order valence-electron chi connectivity index (χ4n) is 2.67. The maximum Gasteiger partial charge on any atom is 0.123 e. The van der Waals surface area contributed by atoms with E-state index in [1.54, 1.807) is 12.1 Å². The van der Waals surface area contributed by atoms with Crippen LogP contribution in [-0.4, -0.2) is 54.2 Å². The average Bonchev–Trinajstić information content (AvgIpc) is 2.40. The second-order valence-electron chi connectivity index (χ2n) is 5.89. The standard InChI is InChI=1S/C16H25FN2O/c1-13(2)15-9-14(10-16(17)11-15)12-19-5-3-18(4-6-19)7-8-20/h9-11,13,20H,3-8,12H2,1-2H3. The molecule has 0 aliphatic carbocycles. The number of hydrogen-bond acceptors (Lipinski definition) is 3. The van der Waals surface area contributed by atoms with Crippen LogP contribution in [0.1, 0.15) is 30.9 Å². The van der Waals surface area contributed by atoms with Gasteiger partial charge in [-0.1, -0.05) is 19.9 Å². The molecule has 1 fully saturated rings. The molecule has 0 amide bonds. The van der Waals surface area contributed by atoms with Gasteiger partial charge in [-0.05, 0) is 29.2 Å². The van der Waals surface area contributed by atoms with E-state index in [0.29, 0.717) is 5.92 Å². The van der Waals surface area contributed by atoms with Gasteiger partial charge in [-0.15, -0.1) is 0 Å². The molecule has 1 aromatic carbocycles. The Hall–Kier alpha value is -0.970. The van der Waals surface area contributed by atoms with Gasteiger partial charge in [0.15, 0.2) is 0 Å². The first-order valence-electron chi connectivity index (χ1n) is 7.43. The minimum absolute atomic E-state index is 0.134. The van der Waals surface area contributed by atoms with E-state index in [-0.39, 0.29) is 12.4 Å². The summed E-state index contributed by atoms with van der Waals surface area (Å²) in [4.78, 5) is 4.62. The Balaban J connectivity index is 1.94. The normalized spacial score (nSPS) is 17.9. The first kappa shape index (κ1) is 15.4. The summed E-state index contributed by atoms with van der Waals surface area (Å²) in [5.41, 5.74) is 2.13. The number of β-amino-alcohol motifs (C(OH)–C–C–N with tert-alkyl or cyclic N) is 1. The number of hydrogen-bond donors (Lipinski definition) is 1. The van der Waals surface area contributed by atoms with Crippen LogP contribution in [0.15, 0.2) is 18.2 Å². The molecule has 0 bridgehead atoms. The van der Waals surface area contributed by atoms with Crippen LogP contribution < -0.4 is 0 Å². The summed E-state index contributed by atoms with van der Waals surface area (Å²) in [5.74, 6) is 0.218. The zero-order valence-electron chi connectivity index (χ0n) is 12.5. The maximum absolute atomic E-state index is 13.7. The van der Waals surface area contributed by atoms with Crippen molar-refractivity contribution in [3.05, 3.63) is 35.1 Å². The van der Waals surface area contributed by atoms with Gasteiger partial charge in [0.05, 0.1) is 6.61 Å². The Labute approximate surface area is 121 Å². The molecule has 1 aliphatic rings. The molecule has 0 saturated carbocycles. The van der Waals surface area contributed by atoms with Gasteiger partial charge in [-0.25, -0.2) is 4.39 Å². The third kappa shape index (κ3) is 4.27. The highest BCUT2D eigenvalue weighted by Gasteiger charge is 2.17. The lowest BCUT2D eigenvalue weighted by molar-refractivity contribution is 0.108. The average molecular weight is 280 g/mol. The van der Waals surface area contributed by atoms with Gasteiger partial charge >= 0.3 is 0 Å². The number of rotatable bonds is 5. The quantitative estimate of drug-likeness (QED) is 0.894. The molecular formula is C16H25FN2O. The zero-order valence-corrected chi connectivity index (χ0v) is 12.5. The van der Waals surface area contributed by atoms with E-state index in [0.717, 1.165) is 50.4 Å². The van der Waals surface area contributed by atoms with Crippen molar-refractivity contribution in [1.29, 1.82) is 0 Å². The third-order valence-electron chi connectivity index (χ3n) is 3.93. The molecule has 2 rings (SSSR count). The van der Waals surface area contributed by atoms with Crippen LogP contribution in [0.3, 0.4) is 0 Å². The Morgan fingerprint density at radius 3 is 2.35 bits per heavy atom. The first-order valence-corrected chi connectivity index (χ1v) is 7.43. The molecule has 3 nitrogen and oxygen atoms in total. The van der Waals surface area contributed by atoms with Crippen molar-refractivity contribution in [2.24, 2.45) is 0 Å². The second kappa shape index (κ2) is 7.16. The minimum atomic E-state index is -0.134. The molecule has 1 heterocycles. The van der Waals surface area contributed by atoms with Crippen molar-refractivity contribution in [2.75, 3.05) is 39.3 Å². The van der Waals surface area contributed by atoms with Crippen LogP contribution in [0.4, 0.5) is 4.39 Å². The van der Waals surface area contributed by atoms with E-state index in [9.17, 15) is 4.39 Å². The smallest absolute Gasteiger partial charge is 0.123 e. The van der Waals surface area contributed by atoms with Crippen LogP contribution in [0.5, 0.6) is 0 Å². The highest BCUT2D eigenvalue weighted by Crippen LogP contribution is 2.19. The summed E-state index contributed by atoms with van der Waals surface area (Å²) >= 11 is 0. The van der Waals surface area contributed by atoms with E-state index in [4.69, 9.17) is 5.11 Å². The molecule has 4 heteroatoms. The summed E-state index contributed by atoms with van der Waals surface area (Å²) in [6.45, 7) is 9.89. The lowest BCUT2D eigenvalue weighted by Crippen LogP contribution is -2.46. The molecule has 0 aromatic heterocycles. The predicted molar refractivity (Wildman–Crippen MR) is 79.3 cm³/mol. The molecule has 0 spiro atoms. The Morgan fingerprint density at radius 2 is 1.75 bits per heavy atom. The number of aliphatic hydroxyl groups excluding tert-OH is 1. The number of benzene rings is 1. The van der Waals surface area contributed by atoms with Gasteiger partial charge in [0, 0.05) is 39.3 Å². The summed E-state index contributed by atoms with van der Waals surface area (Å²) < 4.78 is 13.7. The van der Waals surface area contributed by atoms with Crippen molar-refractivity contribution in [2.45, 2.75) is 26.3 Å². The van der Waals surface area contributed by atoms with Gasteiger partial charge in [0.1, 0.15) is 5.82 Å². The van der Waals surface area contributed by atoms with Crippen LogP contribution >= 0.6 is 0 Å². The van der Waals surface area contributed by atoms with E-state index in [2.05, 4.69) is 29.7 Å². The van der Waals surface area contributed by atoms with Crippen LogP contribution in [0.25, 0.3) is 0 Å². The summed E-state index contributed by atoms with van der Waals surface area (Å²) in [6, 6.07) is 5.40. The fourth-order valence-corrected chi connectivity index (χ4v) is 2.67. The number of halogens is 1. The zero-order chi connectivity index (χ0) is 14.5. The summed E-state index contributed by atoms with van der Waals surface area (Å²) in [6.07, 6.45) is 0. The minimum Gasteiger partial charge on any atom is -0.395 e. The molecule has 0 unspecified atom stereocenters. The Kier molecular flexibility index (Phi) is 5.52. The predicted octanol–water partition coefficient (Wildman–Crippen LogP) is 2.06. The summed E-state index contributed by atoms with van der Waals surface area (Å²) in [7, 11) is 0. The van der Waals surface area contributed by atoms with Gasteiger partial charge in [-0.3, -0.25) is 9.80 Å². The van der Waals surface area contributed by atoms with Crippen LogP contribution in [0.2, 0.25) is 0 Å². The van der Waals surface area contributed by atoms with Gasteiger partial charge in [-0.2, -0.15) is 0 Å². The van der Waals surface area contributed by atoms with Gasteiger partial charge in [0.25, 0.3) is 0 Å². The van der Waals surface area contributed by atoms with E-state index >= 15 is 0 Å². The SMILES string of the molecule is CC(C)c1cc(F)cc(CN2CCN(CCO)CC2)c1. The van der Waals surface area contributed by atoms with Crippen molar-refractivity contribution in [3.8, 4) is 0 Å². The topological polar surface area (TPSA) is 26.7 Å². The monoisotopic (exact) mass is 280 g/mol. The molecule has 1 aromatic rings. The molecule has 1 saturated heterocycles. The van der Waals surface area contributed by atoms with Gasteiger partial charge < -0.3 is 5.11 Å². The van der Waals surface area contributed by atoms with Crippen LogP contribution in [0, 0.1) is 5.82 Å². The lowest BCUT2D eigenvalue weighted by atomic mass is 10.0. The Bertz CT molecular complexity index is 428. The largest absolute Gasteiger partial charge is 0.395 e. The molecular weight excluding hydrogens is 255 g/mol. The summed E-state index contributed by atoms with van der Waals surface area (Å²) in [5, 5.41) is 8.94. The van der Waals surface area contributed by atoms with Crippen molar-refractivity contribution >= 4 is 0 Å². The Morgan fingerprint density at radius 1 is 1.10 bits per heavy atom. The van der Waals surface area contributed by atoms with Gasteiger partial charge in [0.2, 0.25) is 0 Å². The first-order chi connectivity index (χ1) is 9.58.